The molecule has 1 aromatic heterocycles. The maximum absolute atomic E-state index is 4.30. The Bertz CT molecular complexity index is 597. The molecule has 1 aromatic carbocycles. The molecule has 5 nitrogen and oxygen atoms in total. The van der Waals surface area contributed by atoms with Gasteiger partial charge in [-0.1, -0.05) is 44.2 Å². The van der Waals surface area contributed by atoms with Crippen LogP contribution >= 0.6 is 0 Å². The molecule has 1 saturated heterocycles. The monoisotopic (exact) mass is 313 g/mol. The first kappa shape index (κ1) is 16.1. The first-order valence-electron chi connectivity index (χ1n) is 8.46. The van der Waals surface area contributed by atoms with Gasteiger partial charge in [-0.2, -0.15) is 5.10 Å². The molecular weight excluding hydrogens is 286 g/mol. The zero-order chi connectivity index (χ0) is 16.2. The molecule has 0 amide bonds. The highest BCUT2D eigenvalue weighted by molar-refractivity contribution is 5.14. The van der Waals surface area contributed by atoms with Crippen LogP contribution in [0, 0.1) is 11.8 Å². The van der Waals surface area contributed by atoms with Crippen molar-refractivity contribution in [2.75, 3.05) is 13.1 Å². The van der Waals surface area contributed by atoms with Crippen molar-refractivity contribution in [2.45, 2.75) is 33.0 Å². The molecule has 1 N–H and O–H groups in total. The highest BCUT2D eigenvalue weighted by atomic mass is 15.3. The first-order valence-corrected chi connectivity index (χ1v) is 8.46. The quantitative estimate of drug-likeness (QED) is 0.918. The van der Waals surface area contributed by atoms with Gasteiger partial charge >= 0.3 is 0 Å². The Balaban J connectivity index is 1.55. The molecule has 3 atom stereocenters. The molecule has 5 heteroatoms. The van der Waals surface area contributed by atoms with E-state index in [2.05, 4.69) is 64.5 Å². The Labute approximate surface area is 138 Å². The Morgan fingerprint density at radius 3 is 2.43 bits per heavy atom. The highest BCUT2D eigenvalue weighted by Gasteiger charge is 2.31. The van der Waals surface area contributed by atoms with Crippen LogP contribution < -0.4 is 5.32 Å². The summed E-state index contributed by atoms with van der Waals surface area (Å²) in [6, 6.07) is 11.3. The van der Waals surface area contributed by atoms with E-state index >= 15 is 0 Å². The average molecular weight is 313 g/mol. The fraction of sp³-hybridized carbons (Fsp3) is 0.556. The van der Waals surface area contributed by atoms with Crippen molar-refractivity contribution in [1.82, 2.24) is 25.0 Å². The Morgan fingerprint density at radius 1 is 1.13 bits per heavy atom. The van der Waals surface area contributed by atoms with E-state index in [0.29, 0.717) is 17.9 Å². The molecule has 1 aliphatic rings. The molecule has 1 aliphatic heterocycles. The normalized spacial score (nSPS) is 25.6. The van der Waals surface area contributed by atoms with Crippen molar-refractivity contribution in [3.05, 3.63) is 48.0 Å². The lowest BCUT2D eigenvalue weighted by Gasteiger charge is -2.42. The van der Waals surface area contributed by atoms with Crippen LogP contribution in [0.5, 0.6) is 0 Å². The lowest BCUT2D eigenvalue weighted by atomic mass is 9.85. The van der Waals surface area contributed by atoms with Gasteiger partial charge in [0.1, 0.15) is 12.2 Å². The molecule has 1 fully saturated rings. The number of hydrogen-bond donors (Lipinski definition) is 1. The van der Waals surface area contributed by atoms with Gasteiger partial charge in [0.15, 0.2) is 0 Å². The second kappa shape index (κ2) is 7.23. The summed E-state index contributed by atoms with van der Waals surface area (Å²) in [6.45, 7) is 8.80. The predicted molar refractivity (Wildman–Crippen MR) is 91.7 cm³/mol. The number of likely N-dealkylation sites (tertiary alicyclic amines) is 1. The molecule has 0 saturated carbocycles. The maximum Gasteiger partial charge on any atom is 0.140 e. The minimum atomic E-state index is 0.527. The third-order valence-electron chi connectivity index (χ3n) is 4.87. The van der Waals surface area contributed by atoms with Gasteiger partial charge in [0.05, 0.1) is 6.54 Å². The zero-order valence-corrected chi connectivity index (χ0v) is 14.3. The maximum atomic E-state index is 4.30. The standard InChI is InChI=1S/C18H27N5/c1-14-10-23(12-16-7-5-4-6-8-16)11-15(2)18(14)19-9-17-20-13-21-22(17)3/h4-8,13-15,18-19H,9-12H2,1-3H3/t14-,15+,18?. The molecule has 0 radical (unpaired) electrons. The summed E-state index contributed by atoms with van der Waals surface area (Å²) in [6.07, 6.45) is 1.62. The van der Waals surface area contributed by atoms with Crippen LogP contribution in [0.4, 0.5) is 0 Å². The summed E-state index contributed by atoms with van der Waals surface area (Å²) in [4.78, 5) is 6.87. The van der Waals surface area contributed by atoms with Crippen LogP contribution in [0.3, 0.4) is 0 Å². The van der Waals surface area contributed by atoms with Crippen LogP contribution in [0.25, 0.3) is 0 Å². The predicted octanol–water partition coefficient (Wildman–Crippen LogP) is 2.06. The molecule has 2 aromatic rings. The van der Waals surface area contributed by atoms with E-state index in [-0.39, 0.29) is 0 Å². The van der Waals surface area contributed by atoms with Gasteiger partial charge in [0.2, 0.25) is 0 Å². The van der Waals surface area contributed by atoms with Crippen molar-refractivity contribution < 1.29 is 0 Å². The van der Waals surface area contributed by atoms with Crippen LogP contribution in [0.2, 0.25) is 0 Å². The summed E-state index contributed by atoms with van der Waals surface area (Å²) in [5.74, 6) is 2.24. The number of aromatic nitrogens is 3. The van der Waals surface area contributed by atoms with E-state index in [9.17, 15) is 0 Å². The fourth-order valence-corrected chi connectivity index (χ4v) is 3.74. The van der Waals surface area contributed by atoms with Crippen molar-refractivity contribution in [2.24, 2.45) is 18.9 Å². The molecular formula is C18H27N5. The summed E-state index contributed by atoms with van der Waals surface area (Å²) < 4.78 is 1.84. The van der Waals surface area contributed by atoms with Crippen LogP contribution in [0.15, 0.2) is 36.7 Å². The minimum absolute atomic E-state index is 0.527. The number of hydrogen-bond acceptors (Lipinski definition) is 4. The van der Waals surface area contributed by atoms with E-state index in [1.165, 1.54) is 5.56 Å². The van der Waals surface area contributed by atoms with Gasteiger partial charge in [-0.05, 0) is 17.4 Å². The summed E-state index contributed by atoms with van der Waals surface area (Å²) in [5, 5.41) is 7.83. The van der Waals surface area contributed by atoms with Gasteiger partial charge < -0.3 is 5.32 Å². The molecule has 2 heterocycles. The SMILES string of the molecule is C[C@@H]1CN(Cc2ccccc2)C[C@H](C)C1NCc1ncnn1C. The van der Waals surface area contributed by atoms with Crippen LogP contribution in [0.1, 0.15) is 25.2 Å². The molecule has 3 rings (SSSR count). The fourth-order valence-electron chi connectivity index (χ4n) is 3.74. The van der Waals surface area contributed by atoms with Gasteiger partial charge in [0.25, 0.3) is 0 Å². The molecule has 0 aliphatic carbocycles. The van der Waals surface area contributed by atoms with Crippen molar-refractivity contribution in [1.29, 1.82) is 0 Å². The van der Waals surface area contributed by atoms with E-state index in [0.717, 1.165) is 32.0 Å². The lowest BCUT2D eigenvalue weighted by molar-refractivity contribution is 0.0934. The topological polar surface area (TPSA) is 46.0 Å². The highest BCUT2D eigenvalue weighted by Crippen LogP contribution is 2.23. The second-order valence-corrected chi connectivity index (χ2v) is 6.84. The van der Waals surface area contributed by atoms with E-state index < -0.39 is 0 Å². The van der Waals surface area contributed by atoms with Crippen molar-refractivity contribution in [3.63, 3.8) is 0 Å². The number of benzene rings is 1. The Hall–Kier alpha value is -1.72. The molecule has 1 unspecified atom stereocenters. The molecule has 0 spiro atoms. The van der Waals surface area contributed by atoms with E-state index in [1.54, 1.807) is 6.33 Å². The zero-order valence-electron chi connectivity index (χ0n) is 14.3. The summed E-state index contributed by atoms with van der Waals surface area (Å²) >= 11 is 0. The average Bonchev–Trinajstić information content (AvgIpc) is 2.93. The smallest absolute Gasteiger partial charge is 0.140 e. The largest absolute Gasteiger partial charge is 0.306 e. The number of piperidine rings is 1. The van der Waals surface area contributed by atoms with Gasteiger partial charge in [0, 0.05) is 32.7 Å². The molecule has 124 valence electrons. The third-order valence-corrected chi connectivity index (χ3v) is 4.87. The van der Waals surface area contributed by atoms with Crippen LogP contribution in [-0.4, -0.2) is 38.8 Å². The third kappa shape index (κ3) is 3.98. The molecule has 0 bridgehead atoms. The Kier molecular flexibility index (Phi) is 5.08. The minimum Gasteiger partial charge on any atom is -0.306 e. The van der Waals surface area contributed by atoms with Crippen molar-refractivity contribution in [3.8, 4) is 0 Å². The second-order valence-electron chi connectivity index (χ2n) is 6.84. The van der Waals surface area contributed by atoms with Gasteiger partial charge in [-0.3, -0.25) is 9.58 Å². The Morgan fingerprint density at radius 2 is 1.83 bits per heavy atom. The van der Waals surface area contributed by atoms with Crippen LogP contribution in [-0.2, 0) is 20.1 Å². The summed E-state index contributed by atoms with van der Waals surface area (Å²) in [5.41, 5.74) is 1.40. The number of rotatable bonds is 5. The number of nitrogens with one attached hydrogen (secondary N) is 1. The van der Waals surface area contributed by atoms with Gasteiger partial charge in [-0.25, -0.2) is 4.98 Å². The number of aryl methyl sites for hydroxylation is 1. The van der Waals surface area contributed by atoms with Crippen molar-refractivity contribution >= 4 is 0 Å². The lowest BCUT2D eigenvalue weighted by Crippen LogP contribution is -2.53. The van der Waals surface area contributed by atoms with Gasteiger partial charge in [-0.15, -0.1) is 0 Å². The van der Waals surface area contributed by atoms with E-state index in [1.807, 2.05) is 11.7 Å². The number of nitrogens with zero attached hydrogens (tertiary/aromatic N) is 4. The van der Waals surface area contributed by atoms with E-state index in [4.69, 9.17) is 0 Å². The molecule has 23 heavy (non-hydrogen) atoms. The summed E-state index contributed by atoms with van der Waals surface area (Å²) in [7, 11) is 1.94. The first-order chi connectivity index (χ1) is 11.1.